The second kappa shape index (κ2) is 6.98. The van der Waals surface area contributed by atoms with Crippen LogP contribution in [0.15, 0.2) is 12.1 Å². The largest absolute Gasteiger partial charge is 0.327 e. The van der Waals surface area contributed by atoms with Gasteiger partial charge in [-0.1, -0.05) is 42.6 Å². The topological polar surface area (TPSA) is 55.1 Å². The van der Waals surface area contributed by atoms with Crippen molar-refractivity contribution in [1.82, 2.24) is 0 Å². The molecule has 0 aliphatic rings. The Morgan fingerprint density at radius 1 is 1.44 bits per heavy atom. The predicted octanol–water partition coefficient (Wildman–Crippen LogP) is 3.76. The van der Waals surface area contributed by atoms with Gasteiger partial charge in [-0.2, -0.15) is 0 Å². The van der Waals surface area contributed by atoms with Crippen molar-refractivity contribution in [2.75, 3.05) is 5.32 Å². The van der Waals surface area contributed by atoms with Gasteiger partial charge in [0, 0.05) is 12.5 Å². The second-order valence-corrected chi connectivity index (χ2v) is 5.14. The molecular formula is C13H18Cl2N2O. The highest BCUT2D eigenvalue weighted by molar-refractivity contribution is 6.40. The van der Waals surface area contributed by atoms with Crippen molar-refractivity contribution in [3.05, 3.63) is 27.7 Å². The van der Waals surface area contributed by atoms with Gasteiger partial charge >= 0.3 is 0 Å². The molecule has 3 N–H and O–H groups in total. The van der Waals surface area contributed by atoms with Crippen LogP contribution in [-0.4, -0.2) is 11.9 Å². The quantitative estimate of drug-likeness (QED) is 0.867. The first kappa shape index (κ1) is 15.3. The molecular weight excluding hydrogens is 271 g/mol. The first-order chi connectivity index (χ1) is 8.45. The van der Waals surface area contributed by atoms with E-state index in [0.29, 0.717) is 15.7 Å². The first-order valence-electron chi connectivity index (χ1n) is 5.95. The van der Waals surface area contributed by atoms with E-state index >= 15 is 0 Å². The highest BCUT2D eigenvalue weighted by Gasteiger charge is 2.14. The molecule has 1 atom stereocenters. The van der Waals surface area contributed by atoms with Crippen LogP contribution in [0.25, 0.3) is 0 Å². The Morgan fingerprint density at radius 3 is 2.72 bits per heavy atom. The number of hydrogen-bond acceptors (Lipinski definition) is 2. The summed E-state index contributed by atoms with van der Waals surface area (Å²) >= 11 is 12.1. The van der Waals surface area contributed by atoms with Crippen LogP contribution in [0.5, 0.6) is 0 Å². The van der Waals surface area contributed by atoms with Gasteiger partial charge in [0.15, 0.2) is 0 Å². The van der Waals surface area contributed by atoms with Crippen LogP contribution >= 0.6 is 23.2 Å². The number of aryl methyl sites for hydroxylation is 1. The third-order valence-electron chi connectivity index (χ3n) is 2.66. The molecule has 18 heavy (non-hydrogen) atoms. The number of hydrogen-bond donors (Lipinski definition) is 2. The van der Waals surface area contributed by atoms with Crippen LogP contribution in [0.2, 0.25) is 10.0 Å². The van der Waals surface area contributed by atoms with Gasteiger partial charge in [0.2, 0.25) is 5.91 Å². The average molecular weight is 289 g/mol. The number of anilines is 1. The zero-order valence-electron chi connectivity index (χ0n) is 10.6. The van der Waals surface area contributed by atoms with Crippen molar-refractivity contribution in [2.24, 2.45) is 5.73 Å². The second-order valence-electron chi connectivity index (χ2n) is 4.35. The number of benzene rings is 1. The minimum atomic E-state index is -0.162. The van der Waals surface area contributed by atoms with Gasteiger partial charge < -0.3 is 11.1 Å². The Balaban J connectivity index is 2.73. The summed E-state index contributed by atoms with van der Waals surface area (Å²) in [6.07, 6.45) is 2.05. The van der Waals surface area contributed by atoms with Gasteiger partial charge in [-0.25, -0.2) is 0 Å². The number of halogens is 2. The molecule has 1 unspecified atom stereocenters. The molecule has 1 aromatic rings. The van der Waals surface area contributed by atoms with E-state index in [1.165, 1.54) is 0 Å². The highest BCUT2D eigenvalue weighted by Crippen LogP contribution is 2.32. The van der Waals surface area contributed by atoms with Crippen LogP contribution in [0, 0.1) is 6.92 Å². The zero-order valence-corrected chi connectivity index (χ0v) is 12.1. The van der Waals surface area contributed by atoms with Crippen LogP contribution in [-0.2, 0) is 4.79 Å². The number of carbonyl (C=O) groups excluding carboxylic acids is 1. The summed E-state index contributed by atoms with van der Waals surface area (Å²) in [5, 5.41) is 3.63. The molecule has 0 aromatic heterocycles. The lowest BCUT2D eigenvalue weighted by Crippen LogP contribution is -2.27. The van der Waals surface area contributed by atoms with E-state index in [1.807, 2.05) is 19.9 Å². The zero-order chi connectivity index (χ0) is 13.7. The molecule has 3 nitrogen and oxygen atoms in total. The van der Waals surface area contributed by atoms with Crippen molar-refractivity contribution in [3.8, 4) is 0 Å². The van der Waals surface area contributed by atoms with Crippen molar-refractivity contribution in [3.63, 3.8) is 0 Å². The fourth-order valence-corrected chi connectivity index (χ4v) is 2.14. The predicted molar refractivity (Wildman–Crippen MR) is 77.3 cm³/mol. The Kier molecular flexibility index (Phi) is 5.93. The number of nitrogens with one attached hydrogen (secondary N) is 1. The van der Waals surface area contributed by atoms with Gasteiger partial charge in [0.1, 0.15) is 0 Å². The van der Waals surface area contributed by atoms with Gasteiger partial charge in [-0.15, -0.1) is 0 Å². The summed E-state index contributed by atoms with van der Waals surface area (Å²) in [5.74, 6) is -0.162. The fourth-order valence-electron chi connectivity index (χ4n) is 1.67. The number of carbonyl (C=O) groups is 1. The molecule has 0 saturated heterocycles. The number of nitrogens with two attached hydrogens (primary N) is 1. The maximum Gasteiger partial charge on any atom is 0.226 e. The molecule has 5 heteroatoms. The molecule has 0 aliphatic carbocycles. The van der Waals surface area contributed by atoms with Gasteiger partial charge in [0.05, 0.1) is 15.7 Å². The molecule has 0 fully saturated rings. The fraction of sp³-hybridized carbons (Fsp3) is 0.462. The molecule has 0 aliphatic heterocycles. The van der Waals surface area contributed by atoms with E-state index in [-0.39, 0.29) is 18.4 Å². The maximum absolute atomic E-state index is 11.8. The lowest BCUT2D eigenvalue weighted by molar-refractivity contribution is -0.116. The number of rotatable bonds is 5. The van der Waals surface area contributed by atoms with E-state index < -0.39 is 0 Å². The Hall–Kier alpha value is -0.770. The molecule has 1 amide bonds. The summed E-state index contributed by atoms with van der Waals surface area (Å²) in [7, 11) is 0. The highest BCUT2D eigenvalue weighted by atomic mass is 35.5. The first-order valence-corrected chi connectivity index (χ1v) is 6.71. The lowest BCUT2D eigenvalue weighted by atomic mass is 10.1. The minimum Gasteiger partial charge on any atom is -0.327 e. The molecule has 0 bridgehead atoms. The molecule has 0 radical (unpaired) electrons. The van der Waals surface area contributed by atoms with Crippen molar-refractivity contribution >= 4 is 34.8 Å². The monoisotopic (exact) mass is 288 g/mol. The molecule has 100 valence electrons. The summed E-state index contributed by atoms with van der Waals surface area (Å²) in [6, 6.07) is 3.39. The third-order valence-corrected chi connectivity index (χ3v) is 3.46. The van der Waals surface area contributed by atoms with Crippen molar-refractivity contribution in [1.29, 1.82) is 0 Å². The smallest absolute Gasteiger partial charge is 0.226 e. The van der Waals surface area contributed by atoms with Gasteiger partial charge in [-0.3, -0.25) is 4.79 Å². The van der Waals surface area contributed by atoms with E-state index in [1.54, 1.807) is 6.07 Å². The normalized spacial score (nSPS) is 12.3. The SMILES string of the molecule is CCCC(N)CC(=O)Nc1c(Cl)ccc(C)c1Cl. The Bertz CT molecular complexity index is 435. The molecule has 1 rings (SSSR count). The van der Waals surface area contributed by atoms with E-state index in [4.69, 9.17) is 28.9 Å². The Labute approximate surface area is 118 Å². The average Bonchev–Trinajstić information content (AvgIpc) is 2.30. The van der Waals surface area contributed by atoms with E-state index in [0.717, 1.165) is 18.4 Å². The molecule has 0 saturated carbocycles. The van der Waals surface area contributed by atoms with Crippen LogP contribution < -0.4 is 11.1 Å². The number of amides is 1. The summed E-state index contributed by atoms with van der Waals surface area (Å²) < 4.78 is 0. The molecule has 0 spiro atoms. The van der Waals surface area contributed by atoms with E-state index in [2.05, 4.69) is 5.32 Å². The minimum absolute atomic E-state index is 0.127. The van der Waals surface area contributed by atoms with Crippen LogP contribution in [0.4, 0.5) is 5.69 Å². The summed E-state index contributed by atoms with van der Waals surface area (Å²) in [4.78, 5) is 11.8. The standard InChI is InChI=1S/C13H18Cl2N2O/c1-3-4-9(16)7-11(18)17-13-10(14)6-5-8(2)12(13)15/h5-6,9H,3-4,7,16H2,1-2H3,(H,17,18). The van der Waals surface area contributed by atoms with Crippen LogP contribution in [0.1, 0.15) is 31.7 Å². The maximum atomic E-state index is 11.8. The van der Waals surface area contributed by atoms with Gasteiger partial charge in [0.25, 0.3) is 0 Å². The third kappa shape index (κ3) is 4.16. The summed E-state index contributed by atoms with van der Waals surface area (Å²) in [6.45, 7) is 3.89. The van der Waals surface area contributed by atoms with Gasteiger partial charge in [-0.05, 0) is 25.0 Å². The summed E-state index contributed by atoms with van der Waals surface area (Å²) in [5.41, 5.74) is 7.15. The molecule has 0 heterocycles. The molecule has 1 aromatic carbocycles. The van der Waals surface area contributed by atoms with Crippen molar-refractivity contribution < 1.29 is 4.79 Å². The van der Waals surface area contributed by atoms with E-state index in [9.17, 15) is 4.79 Å². The lowest BCUT2D eigenvalue weighted by Gasteiger charge is -2.13. The van der Waals surface area contributed by atoms with Crippen molar-refractivity contribution in [2.45, 2.75) is 39.2 Å². The Morgan fingerprint density at radius 2 is 2.11 bits per heavy atom. The van der Waals surface area contributed by atoms with Crippen LogP contribution in [0.3, 0.4) is 0 Å².